The molecule has 0 bridgehead atoms. The Bertz CT molecular complexity index is 1050. The van der Waals surface area contributed by atoms with Gasteiger partial charge in [0.15, 0.2) is 0 Å². The highest BCUT2D eigenvalue weighted by Gasteiger charge is 2.19. The van der Waals surface area contributed by atoms with Crippen molar-refractivity contribution in [2.24, 2.45) is 0 Å². The van der Waals surface area contributed by atoms with Crippen molar-refractivity contribution in [3.63, 3.8) is 0 Å². The molecule has 0 atom stereocenters. The molecule has 2 aliphatic rings. The molecule has 0 unspecified atom stereocenters. The molecule has 5 rings (SSSR count). The van der Waals surface area contributed by atoms with Gasteiger partial charge >= 0.3 is 0 Å². The van der Waals surface area contributed by atoms with E-state index in [0.29, 0.717) is 0 Å². The monoisotopic (exact) mass is 365 g/mol. The van der Waals surface area contributed by atoms with Crippen LogP contribution < -0.4 is 0 Å². The average Bonchev–Trinajstić information content (AvgIpc) is 3.10. The van der Waals surface area contributed by atoms with Crippen LogP contribution in [0.2, 0.25) is 0 Å². The van der Waals surface area contributed by atoms with Crippen LogP contribution in [-0.2, 0) is 0 Å². The number of fused-ring (bicyclic) bond motifs is 2. The molecule has 0 spiro atoms. The van der Waals surface area contributed by atoms with Crippen LogP contribution >= 0.6 is 0 Å². The molecule has 1 saturated heterocycles. The summed E-state index contributed by atoms with van der Waals surface area (Å²) in [6, 6.07) is 24.2. The predicted molar refractivity (Wildman–Crippen MR) is 121 cm³/mol. The Labute approximate surface area is 168 Å². The Morgan fingerprint density at radius 1 is 0.750 bits per heavy atom. The summed E-state index contributed by atoms with van der Waals surface area (Å²) in [4.78, 5) is 2.64. The molecule has 0 aromatic heterocycles. The topological polar surface area (TPSA) is 3.24 Å². The van der Waals surface area contributed by atoms with Crippen LogP contribution in [0, 0.1) is 0 Å². The van der Waals surface area contributed by atoms with E-state index < -0.39 is 0 Å². The predicted octanol–water partition coefficient (Wildman–Crippen LogP) is 6.65. The fourth-order valence-corrected chi connectivity index (χ4v) is 4.62. The summed E-state index contributed by atoms with van der Waals surface area (Å²) in [7, 11) is 0. The summed E-state index contributed by atoms with van der Waals surface area (Å²) in [5, 5.41) is 2.60. The minimum atomic E-state index is 1.14. The van der Waals surface area contributed by atoms with Gasteiger partial charge in [0, 0.05) is 6.54 Å². The lowest BCUT2D eigenvalue weighted by molar-refractivity contribution is 0.234. The highest BCUT2D eigenvalue weighted by atomic mass is 15.1. The van der Waals surface area contributed by atoms with Crippen molar-refractivity contribution in [3.8, 4) is 0 Å². The number of hydrogen-bond acceptors (Lipinski definition) is 1. The molecule has 1 aliphatic carbocycles. The summed E-state index contributed by atoms with van der Waals surface area (Å²) in [6.07, 6.45) is 10.0. The average molecular weight is 366 g/mol. The van der Waals surface area contributed by atoms with Crippen molar-refractivity contribution >= 4 is 28.0 Å². The molecule has 0 radical (unpaired) electrons. The van der Waals surface area contributed by atoms with Gasteiger partial charge in [-0.05, 0) is 83.1 Å². The Hall–Kier alpha value is -2.64. The highest BCUT2D eigenvalue weighted by Crippen LogP contribution is 2.38. The van der Waals surface area contributed by atoms with Gasteiger partial charge in [0.05, 0.1) is 0 Å². The summed E-state index contributed by atoms with van der Waals surface area (Å²) < 4.78 is 0. The second kappa shape index (κ2) is 7.77. The lowest BCUT2D eigenvalue weighted by Crippen LogP contribution is -2.30. The quantitative estimate of drug-likeness (QED) is 0.500. The van der Waals surface area contributed by atoms with E-state index in [1.807, 2.05) is 0 Å². The van der Waals surface area contributed by atoms with Gasteiger partial charge in [0.1, 0.15) is 0 Å². The van der Waals surface area contributed by atoms with Crippen molar-refractivity contribution in [1.82, 2.24) is 4.90 Å². The number of rotatable bonds is 4. The third-order valence-corrected chi connectivity index (χ3v) is 6.16. The fraction of sp³-hybridized carbons (Fsp3) is 0.259. The largest absolute Gasteiger partial charge is 0.303 e. The molecule has 1 fully saturated rings. The van der Waals surface area contributed by atoms with Crippen molar-refractivity contribution in [2.45, 2.75) is 25.7 Å². The van der Waals surface area contributed by atoms with E-state index >= 15 is 0 Å². The number of benzene rings is 3. The number of hydrogen-bond donors (Lipinski definition) is 0. The Morgan fingerprint density at radius 2 is 1.50 bits per heavy atom. The zero-order chi connectivity index (χ0) is 18.8. The summed E-state index contributed by atoms with van der Waals surface area (Å²) in [5.41, 5.74) is 6.92. The van der Waals surface area contributed by atoms with Gasteiger partial charge in [-0.2, -0.15) is 0 Å². The van der Waals surface area contributed by atoms with Crippen LogP contribution in [0.1, 0.15) is 42.4 Å². The SMILES string of the molecule is C1=C(CCN2CCCCC2)c2ccccc2/C1=C/c1ccc2ccccc2c1. The van der Waals surface area contributed by atoms with Crippen molar-refractivity contribution in [1.29, 1.82) is 0 Å². The van der Waals surface area contributed by atoms with E-state index in [-0.39, 0.29) is 0 Å². The highest BCUT2D eigenvalue weighted by molar-refractivity contribution is 6.02. The first kappa shape index (κ1) is 17.5. The maximum absolute atomic E-state index is 2.64. The Kier molecular flexibility index (Phi) is 4.85. The third kappa shape index (κ3) is 3.55. The maximum atomic E-state index is 2.64. The number of nitrogens with zero attached hydrogens (tertiary/aromatic N) is 1. The molecule has 1 nitrogen and oxygen atoms in total. The van der Waals surface area contributed by atoms with Gasteiger partial charge < -0.3 is 4.90 Å². The zero-order valence-electron chi connectivity index (χ0n) is 16.4. The fourth-order valence-electron chi connectivity index (χ4n) is 4.62. The minimum absolute atomic E-state index is 1.14. The Morgan fingerprint density at radius 3 is 2.36 bits per heavy atom. The maximum Gasteiger partial charge on any atom is 0.00220 e. The zero-order valence-corrected chi connectivity index (χ0v) is 16.4. The van der Waals surface area contributed by atoms with E-state index in [1.165, 1.54) is 77.5 Å². The van der Waals surface area contributed by atoms with Crippen LogP contribution in [0.3, 0.4) is 0 Å². The van der Waals surface area contributed by atoms with Gasteiger partial charge in [-0.3, -0.25) is 0 Å². The molecular weight excluding hydrogens is 338 g/mol. The van der Waals surface area contributed by atoms with Gasteiger partial charge in [0.25, 0.3) is 0 Å². The van der Waals surface area contributed by atoms with Gasteiger partial charge in [-0.15, -0.1) is 0 Å². The Balaban J connectivity index is 1.44. The molecule has 3 aromatic carbocycles. The molecule has 3 aromatic rings. The summed E-state index contributed by atoms with van der Waals surface area (Å²) >= 11 is 0. The number of piperidine rings is 1. The summed E-state index contributed by atoms with van der Waals surface area (Å²) in [5.74, 6) is 0. The second-order valence-corrected chi connectivity index (χ2v) is 8.07. The second-order valence-electron chi connectivity index (χ2n) is 8.07. The molecule has 1 heterocycles. The van der Waals surface area contributed by atoms with Gasteiger partial charge in [-0.1, -0.05) is 73.2 Å². The van der Waals surface area contributed by atoms with E-state index in [1.54, 1.807) is 0 Å². The first-order chi connectivity index (χ1) is 13.9. The first-order valence-electron chi connectivity index (χ1n) is 10.6. The molecule has 0 amide bonds. The van der Waals surface area contributed by atoms with Crippen molar-refractivity contribution < 1.29 is 0 Å². The molecular formula is C27H27N. The molecule has 0 N–H and O–H groups in total. The lowest BCUT2D eigenvalue weighted by atomic mass is 10.0. The van der Waals surface area contributed by atoms with Crippen molar-refractivity contribution in [3.05, 3.63) is 89.5 Å². The van der Waals surface area contributed by atoms with Crippen LogP contribution in [0.4, 0.5) is 0 Å². The molecule has 28 heavy (non-hydrogen) atoms. The first-order valence-corrected chi connectivity index (χ1v) is 10.6. The van der Waals surface area contributed by atoms with E-state index in [4.69, 9.17) is 0 Å². The van der Waals surface area contributed by atoms with Gasteiger partial charge in [-0.25, -0.2) is 0 Å². The van der Waals surface area contributed by atoms with Crippen LogP contribution in [0.25, 0.3) is 28.0 Å². The molecule has 1 heteroatoms. The third-order valence-electron chi connectivity index (χ3n) is 6.16. The van der Waals surface area contributed by atoms with Crippen LogP contribution in [0.5, 0.6) is 0 Å². The standard InChI is InChI=1S/C27H27N/c1-6-15-28(16-7-1)17-14-24-20-25(27-11-5-4-10-26(24)27)19-21-12-13-22-8-2-3-9-23(22)18-21/h2-5,8-13,18-20H,1,6-7,14-17H2/b25-19+. The van der Waals surface area contributed by atoms with Crippen molar-refractivity contribution in [2.75, 3.05) is 19.6 Å². The smallest absolute Gasteiger partial charge is 0.00220 e. The van der Waals surface area contributed by atoms with E-state index in [2.05, 4.69) is 83.8 Å². The molecule has 1 aliphatic heterocycles. The lowest BCUT2D eigenvalue weighted by Gasteiger charge is -2.26. The molecule has 140 valence electrons. The summed E-state index contributed by atoms with van der Waals surface area (Å²) in [6.45, 7) is 3.73. The minimum Gasteiger partial charge on any atom is -0.303 e. The normalized spacial score (nSPS) is 18.4. The van der Waals surface area contributed by atoms with Crippen LogP contribution in [0.15, 0.2) is 72.8 Å². The van der Waals surface area contributed by atoms with E-state index in [9.17, 15) is 0 Å². The number of allylic oxidation sites excluding steroid dienone is 2. The van der Waals surface area contributed by atoms with Crippen LogP contribution in [-0.4, -0.2) is 24.5 Å². The van der Waals surface area contributed by atoms with E-state index in [0.717, 1.165) is 6.42 Å². The molecule has 0 saturated carbocycles. The number of likely N-dealkylation sites (tertiary alicyclic amines) is 1. The van der Waals surface area contributed by atoms with Gasteiger partial charge in [0.2, 0.25) is 0 Å².